The number of benzene rings is 10. The van der Waals surface area contributed by atoms with E-state index in [1.54, 1.807) is 0 Å². The molecule has 336 valence electrons. The molecule has 0 spiro atoms. The summed E-state index contributed by atoms with van der Waals surface area (Å²) in [6.07, 6.45) is 0. The standard InChI is InChI=1S/C67H51NO2/c1-66(2,3)47-33-27-42(28-34-47)44-31-37-53-58-40-46(32-38-59(58)67(4,5)60(53)41-44)50-17-6-9-24-61(50)68(48-35-29-43(30-36-48)51-20-13-22-56-54-18-7-10-25-62(54)69-64(51)56)49-16-12-15-45(39-49)52-21-14-23-57-55-19-8-11-26-63(55)70-65(52)57/h6-41H,1-5H3. The molecule has 12 aromatic rings. The van der Waals surface area contributed by atoms with Crippen LogP contribution in [0.3, 0.4) is 0 Å². The van der Waals surface area contributed by atoms with E-state index >= 15 is 0 Å². The summed E-state index contributed by atoms with van der Waals surface area (Å²) in [6, 6.07) is 79.5. The summed E-state index contributed by atoms with van der Waals surface area (Å²) in [5.74, 6) is 0. The molecule has 0 fully saturated rings. The van der Waals surface area contributed by atoms with Gasteiger partial charge in [-0.05, 0) is 116 Å². The van der Waals surface area contributed by atoms with Crippen molar-refractivity contribution in [2.24, 2.45) is 0 Å². The highest BCUT2D eigenvalue weighted by atomic mass is 16.3. The van der Waals surface area contributed by atoms with Crippen LogP contribution in [0.4, 0.5) is 17.1 Å². The van der Waals surface area contributed by atoms with Crippen LogP contribution >= 0.6 is 0 Å². The fraction of sp³-hybridized carbons (Fsp3) is 0.104. The summed E-state index contributed by atoms with van der Waals surface area (Å²) in [5, 5.41) is 4.48. The zero-order chi connectivity index (χ0) is 47.3. The van der Waals surface area contributed by atoms with Gasteiger partial charge >= 0.3 is 0 Å². The third-order valence-corrected chi connectivity index (χ3v) is 14.9. The lowest BCUT2D eigenvalue weighted by atomic mass is 9.81. The molecule has 0 radical (unpaired) electrons. The van der Waals surface area contributed by atoms with Crippen molar-refractivity contribution in [3.8, 4) is 55.6 Å². The van der Waals surface area contributed by atoms with Crippen molar-refractivity contribution in [2.45, 2.75) is 45.4 Å². The second kappa shape index (κ2) is 15.8. The van der Waals surface area contributed by atoms with Gasteiger partial charge in [-0.1, -0.05) is 198 Å². The summed E-state index contributed by atoms with van der Waals surface area (Å²) in [6.45, 7) is 11.6. The quantitative estimate of drug-likeness (QED) is 0.160. The fourth-order valence-corrected chi connectivity index (χ4v) is 11.2. The highest BCUT2D eigenvalue weighted by molar-refractivity contribution is 6.11. The number of hydrogen-bond donors (Lipinski definition) is 0. The Balaban J connectivity index is 0.942. The molecule has 0 saturated carbocycles. The molecular weight excluding hydrogens is 851 g/mol. The van der Waals surface area contributed by atoms with E-state index in [4.69, 9.17) is 8.83 Å². The minimum atomic E-state index is -0.159. The van der Waals surface area contributed by atoms with Gasteiger partial charge in [0.25, 0.3) is 0 Å². The minimum absolute atomic E-state index is 0.111. The Kier molecular flexibility index (Phi) is 9.45. The minimum Gasteiger partial charge on any atom is -0.455 e. The van der Waals surface area contributed by atoms with Crippen LogP contribution < -0.4 is 4.90 Å². The smallest absolute Gasteiger partial charge is 0.143 e. The largest absolute Gasteiger partial charge is 0.455 e. The molecule has 0 unspecified atom stereocenters. The van der Waals surface area contributed by atoms with E-state index in [1.807, 2.05) is 18.2 Å². The lowest BCUT2D eigenvalue weighted by molar-refractivity contribution is 0.590. The van der Waals surface area contributed by atoms with Crippen LogP contribution in [0.15, 0.2) is 227 Å². The van der Waals surface area contributed by atoms with Gasteiger partial charge in [0.15, 0.2) is 0 Å². The number of furan rings is 2. The van der Waals surface area contributed by atoms with Crippen LogP contribution in [-0.2, 0) is 10.8 Å². The Hall–Kier alpha value is -8.40. The van der Waals surface area contributed by atoms with Gasteiger partial charge < -0.3 is 13.7 Å². The Labute approximate surface area is 408 Å². The predicted molar refractivity (Wildman–Crippen MR) is 294 cm³/mol. The third-order valence-electron chi connectivity index (χ3n) is 14.9. The molecule has 1 aliphatic carbocycles. The monoisotopic (exact) mass is 901 g/mol. The van der Waals surface area contributed by atoms with Gasteiger partial charge in [0.2, 0.25) is 0 Å². The predicted octanol–water partition coefficient (Wildman–Crippen LogP) is 19.2. The molecular formula is C67H51NO2. The van der Waals surface area contributed by atoms with Crippen LogP contribution in [-0.4, -0.2) is 0 Å². The molecule has 0 saturated heterocycles. The molecule has 0 bridgehead atoms. The first-order chi connectivity index (χ1) is 34.1. The molecule has 0 amide bonds. The maximum absolute atomic E-state index is 6.59. The van der Waals surface area contributed by atoms with Gasteiger partial charge in [-0.25, -0.2) is 0 Å². The zero-order valence-electron chi connectivity index (χ0n) is 40.0. The average molecular weight is 902 g/mol. The lowest BCUT2D eigenvalue weighted by Crippen LogP contribution is -2.15. The topological polar surface area (TPSA) is 29.5 Å². The Morgan fingerprint density at radius 3 is 1.59 bits per heavy atom. The van der Waals surface area contributed by atoms with Crippen molar-refractivity contribution in [1.82, 2.24) is 0 Å². The van der Waals surface area contributed by atoms with Gasteiger partial charge in [-0.2, -0.15) is 0 Å². The average Bonchev–Trinajstić information content (AvgIpc) is 4.04. The zero-order valence-corrected chi connectivity index (χ0v) is 40.0. The summed E-state index contributed by atoms with van der Waals surface area (Å²) in [5.41, 5.74) is 22.5. The first-order valence-corrected chi connectivity index (χ1v) is 24.4. The molecule has 70 heavy (non-hydrogen) atoms. The van der Waals surface area contributed by atoms with E-state index in [2.05, 4.69) is 240 Å². The van der Waals surface area contributed by atoms with E-state index in [0.717, 1.165) is 88.8 Å². The van der Waals surface area contributed by atoms with E-state index in [9.17, 15) is 0 Å². The Bertz CT molecular complexity index is 4010. The number of fused-ring (bicyclic) bond motifs is 9. The molecule has 13 rings (SSSR count). The van der Waals surface area contributed by atoms with Crippen LogP contribution in [0.2, 0.25) is 0 Å². The maximum Gasteiger partial charge on any atom is 0.143 e. The Morgan fingerprint density at radius 1 is 0.357 bits per heavy atom. The van der Waals surface area contributed by atoms with Crippen molar-refractivity contribution in [3.05, 3.63) is 235 Å². The number of rotatable bonds is 7. The molecule has 2 heterocycles. The molecule has 1 aliphatic rings. The van der Waals surface area contributed by atoms with Gasteiger partial charge in [0.05, 0.1) is 5.69 Å². The number of anilines is 3. The number of para-hydroxylation sites is 5. The van der Waals surface area contributed by atoms with Gasteiger partial charge in [0, 0.05) is 55.0 Å². The van der Waals surface area contributed by atoms with E-state index < -0.39 is 0 Å². The van der Waals surface area contributed by atoms with Gasteiger partial charge in [0.1, 0.15) is 22.3 Å². The summed E-state index contributed by atoms with van der Waals surface area (Å²) in [4.78, 5) is 2.41. The molecule has 3 nitrogen and oxygen atoms in total. The molecule has 10 aromatic carbocycles. The fourth-order valence-electron chi connectivity index (χ4n) is 11.2. The lowest BCUT2D eigenvalue weighted by Gasteiger charge is -2.29. The first kappa shape index (κ1) is 41.8. The van der Waals surface area contributed by atoms with E-state index in [-0.39, 0.29) is 10.8 Å². The second-order valence-corrected chi connectivity index (χ2v) is 20.5. The van der Waals surface area contributed by atoms with Crippen molar-refractivity contribution in [3.63, 3.8) is 0 Å². The van der Waals surface area contributed by atoms with Gasteiger partial charge in [-0.3, -0.25) is 0 Å². The first-order valence-electron chi connectivity index (χ1n) is 24.4. The second-order valence-electron chi connectivity index (χ2n) is 20.5. The van der Waals surface area contributed by atoms with E-state index in [0.29, 0.717) is 0 Å². The normalized spacial score (nSPS) is 13.0. The SMILES string of the molecule is CC(C)(C)c1ccc(-c2ccc3c(c2)C(C)(C)c2ccc(-c4ccccc4N(c4ccc(-c5cccc6c5oc5ccccc56)cc4)c4cccc(-c5cccc6c5oc5ccccc56)c4)cc2-3)cc1. The van der Waals surface area contributed by atoms with Crippen LogP contribution in [0.25, 0.3) is 99.5 Å². The van der Waals surface area contributed by atoms with Crippen LogP contribution in [0.5, 0.6) is 0 Å². The van der Waals surface area contributed by atoms with Crippen molar-refractivity contribution < 1.29 is 8.83 Å². The van der Waals surface area contributed by atoms with Crippen LogP contribution in [0, 0.1) is 0 Å². The van der Waals surface area contributed by atoms with Crippen LogP contribution in [0.1, 0.15) is 51.3 Å². The Morgan fingerprint density at radius 2 is 0.900 bits per heavy atom. The molecule has 0 aliphatic heterocycles. The number of hydrogen-bond acceptors (Lipinski definition) is 3. The summed E-state index contributed by atoms with van der Waals surface area (Å²) in [7, 11) is 0. The highest BCUT2D eigenvalue weighted by Crippen LogP contribution is 2.52. The summed E-state index contributed by atoms with van der Waals surface area (Å²) >= 11 is 0. The van der Waals surface area contributed by atoms with Crippen molar-refractivity contribution >= 4 is 60.9 Å². The molecule has 0 N–H and O–H groups in total. The molecule has 0 atom stereocenters. The number of nitrogens with zero attached hydrogens (tertiary/aromatic N) is 1. The molecule has 2 aromatic heterocycles. The van der Waals surface area contributed by atoms with Gasteiger partial charge in [-0.15, -0.1) is 0 Å². The van der Waals surface area contributed by atoms with Crippen molar-refractivity contribution in [1.29, 1.82) is 0 Å². The summed E-state index contributed by atoms with van der Waals surface area (Å²) < 4.78 is 13.1. The highest BCUT2D eigenvalue weighted by Gasteiger charge is 2.36. The van der Waals surface area contributed by atoms with E-state index in [1.165, 1.54) is 44.5 Å². The van der Waals surface area contributed by atoms with Crippen molar-refractivity contribution in [2.75, 3.05) is 4.90 Å². The maximum atomic E-state index is 6.59. The molecule has 3 heteroatoms. The third kappa shape index (κ3) is 6.71.